The van der Waals surface area contributed by atoms with Gasteiger partial charge in [-0.15, -0.1) is 0 Å². The van der Waals surface area contributed by atoms with Crippen molar-refractivity contribution in [3.05, 3.63) is 99.8 Å². The molecular formula is C25H20N2O4S. The van der Waals surface area contributed by atoms with Crippen LogP contribution < -0.4 is 10.3 Å². The summed E-state index contributed by atoms with van der Waals surface area (Å²) in [4.78, 5) is 26.7. The third-order valence-electron chi connectivity index (χ3n) is 5.79. The summed E-state index contributed by atoms with van der Waals surface area (Å²) in [7, 11) is -3.72. The summed E-state index contributed by atoms with van der Waals surface area (Å²) in [6.45, 7) is 1.99. The Labute approximate surface area is 185 Å². The van der Waals surface area contributed by atoms with Gasteiger partial charge >= 0.3 is 0 Å². The molecule has 7 heteroatoms. The van der Waals surface area contributed by atoms with E-state index in [1.807, 2.05) is 19.1 Å². The van der Waals surface area contributed by atoms with Gasteiger partial charge in [0, 0.05) is 35.0 Å². The van der Waals surface area contributed by atoms with E-state index in [-0.39, 0.29) is 29.3 Å². The maximum absolute atomic E-state index is 13.3. The van der Waals surface area contributed by atoms with Crippen molar-refractivity contribution in [3.8, 4) is 11.3 Å². The van der Waals surface area contributed by atoms with Gasteiger partial charge in [-0.3, -0.25) is 9.59 Å². The van der Waals surface area contributed by atoms with Gasteiger partial charge in [0.2, 0.25) is 10.0 Å². The van der Waals surface area contributed by atoms with Gasteiger partial charge in [-0.2, -0.15) is 0 Å². The molecule has 4 aromatic rings. The molecule has 1 aliphatic rings. The molecule has 0 aliphatic heterocycles. The number of aromatic nitrogens is 1. The zero-order valence-electron chi connectivity index (χ0n) is 17.3. The van der Waals surface area contributed by atoms with Gasteiger partial charge in [0.15, 0.2) is 5.78 Å². The van der Waals surface area contributed by atoms with Crippen LogP contribution in [0, 0.1) is 6.92 Å². The molecule has 5 rings (SSSR count). The van der Waals surface area contributed by atoms with E-state index in [2.05, 4.69) is 4.72 Å². The van der Waals surface area contributed by atoms with Crippen molar-refractivity contribution in [2.75, 3.05) is 6.54 Å². The Balaban J connectivity index is 1.57. The summed E-state index contributed by atoms with van der Waals surface area (Å²) >= 11 is 0. The number of pyridine rings is 1. The zero-order chi connectivity index (χ0) is 22.5. The van der Waals surface area contributed by atoms with Crippen LogP contribution in [0.3, 0.4) is 0 Å². The summed E-state index contributed by atoms with van der Waals surface area (Å²) in [5.41, 5.74) is 2.99. The van der Waals surface area contributed by atoms with Crippen LogP contribution in [0.1, 0.15) is 21.5 Å². The normalized spacial score (nSPS) is 12.7. The molecule has 0 radical (unpaired) electrons. The van der Waals surface area contributed by atoms with Crippen molar-refractivity contribution in [2.45, 2.75) is 18.4 Å². The Bertz CT molecular complexity index is 1550. The van der Waals surface area contributed by atoms with Crippen molar-refractivity contribution < 1.29 is 13.2 Å². The van der Waals surface area contributed by atoms with Crippen LogP contribution in [0.15, 0.2) is 82.5 Å². The number of hydrogen-bond donors (Lipinski definition) is 1. The van der Waals surface area contributed by atoms with Crippen LogP contribution in [-0.4, -0.2) is 25.3 Å². The summed E-state index contributed by atoms with van der Waals surface area (Å²) < 4.78 is 29.4. The van der Waals surface area contributed by atoms with Gasteiger partial charge in [0.05, 0.1) is 16.2 Å². The minimum Gasteiger partial charge on any atom is -0.306 e. The first kappa shape index (κ1) is 20.4. The number of carbonyl (C=O) groups is 1. The lowest BCUT2D eigenvalue weighted by Gasteiger charge is -2.15. The Kier molecular flexibility index (Phi) is 4.80. The number of fused-ring (bicyclic) bond motifs is 5. The molecule has 6 nitrogen and oxygen atoms in total. The first-order valence-corrected chi connectivity index (χ1v) is 11.7. The monoisotopic (exact) mass is 444 g/mol. The number of benzene rings is 3. The number of nitrogens with one attached hydrogen (secondary N) is 1. The molecule has 0 saturated heterocycles. The average Bonchev–Trinajstić information content (AvgIpc) is 3.09. The number of sulfonamides is 1. The minimum absolute atomic E-state index is 0.0112. The molecule has 1 aromatic heterocycles. The molecule has 0 bridgehead atoms. The lowest BCUT2D eigenvalue weighted by Crippen LogP contribution is -2.32. The molecule has 160 valence electrons. The molecule has 0 unspecified atom stereocenters. The Morgan fingerprint density at radius 1 is 0.812 bits per heavy atom. The zero-order valence-corrected chi connectivity index (χ0v) is 18.1. The van der Waals surface area contributed by atoms with Gasteiger partial charge in [-0.25, -0.2) is 13.1 Å². The quantitative estimate of drug-likeness (QED) is 0.450. The van der Waals surface area contributed by atoms with Gasteiger partial charge in [0.25, 0.3) is 5.56 Å². The fourth-order valence-corrected chi connectivity index (χ4v) is 5.26. The number of hydrogen-bond acceptors (Lipinski definition) is 4. The number of ketones is 1. The van der Waals surface area contributed by atoms with E-state index in [1.54, 1.807) is 60.7 Å². The highest BCUT2D eigenvalue weighted by atomic mass is 32.2. The molecule has 1 N–H and O–H groups in total. The van der Waals surface area contributed by atoms with Gasteiger partial charge in [0.1, 0.15) is 0 Å². The molecule has 0 fully saturated rings. The summed E-state index contributed by atoms with van der Waals surface area (Å²) in [5.74, 6) is -0.124. The van der Waals surface area contributed by atoms with E-state index in [0.29, 0.717) is 33.2 Å². The van der Waals surface area contributed by atoms with E-state index in [4.69, 9.17) is 0 Å². The van der Waals surface area contributed by atoms with Crippen LogP contribution in [0.4, 0.5) is 0 Å². The fraction of sp³-hybridized carbons (Fsp3) is 0.120. The summed E-state index contributed by atoms with van der Waals surface area (Å²) in [6, 6.07) is 20.8. The number of rotatable bonds is 5. The Morgan fingerprint density at radius 3 is 2.16 bits per heavy atom. The number of aryl methyl sites for hydroxylation is 1. The highest BCUT2D eigenvalue weighted by Gasteiger charge is 2.32. The molecule has 32 heavy (non-hydrogen) atoms. The van der Waals surface area contributed by atoms with E-state index in [9.17, 15) is 18.0 Å². The van der Waals surface area contributed by atoms with E-state index >= 15 is 0 Å². The van der Waals surface area contributed by atoms with E-state index in [1.165, 1.54) is 4.57 Å². The second kappa shape index (κ2) is 7.55. The topological polar surface area (TPSA) is 85.2 Å². The molecule has 3 aromatic carbocycles. The first-order chi connectivity index (χ1) is 15.4. The second-order valence-electron chi connectivity index (χ2n) is 7.81. The van der Waals surface area contributed by atoms with E-state index in [0.717, 1.165) is 5.56 Å². The molecule has 1 aliphatic carbocycles. The van der Waals surface area contributed by atoms with Crippen molar-refractivity contribution in [1.29, 1.82) is 0 Å². The molecule has 1 heterocycles. The van der Waals surface area contributed by atoms with Crippen molar-refractivity contribution in [2.24, 2.45) is 0 Å². The predicted octanol–water partition coefficient (Wildman–Crippen LogP) is 3.50. The molecule has 0 amide bonds. The SMILES string of the molecule is Cc1ccc(S(=O)(=O)NCCn2c3c(c4ccccc4c2=O)C(=O)c2ccccc2-3)cc1. The third-order valence-corrected chi connectivity index (χ3v) is 7.27. The van der Waals surface area contributed by atoms with Crippen LogP contribution in [0.25, 0.3) is 22.0 Å². The highest BCUT2D eigenvalue weighted by Crippen LogP contribution is 2.38. The lowest BCUT2D eigenvalue weighted by atomic mass is 10.0. The number of carbonyl (C=O) groups excluding carboxylic acids is 1. The Morgan fingerprint density at radius 2 is 1.44 bits per heavy atom. The van der Waals surface area contributed by atoms with Crippen molar-refractivity contribution >= 4 is 26.6 Å². The van der Waals surface area contributed by atoms with Crippen molar-refractivity contribution in [3.63, 3.8) is 0 Å². The molecular weight excluding hydrogens is 424 g/mol. The molecule has 0 atom stereocenters. The lowest BCUT2D eigenvalue weighted by molar-refractivity contribution is 0.104. The minimum atomic E-state index is -3.72. The Hall–Kier alpha value is -3.55. The predicted molar refractivity (Wildman–Crippen MR) is 123 cm³/mol. The number of nitrogens with zero attached hydrogens (tertiary/aromatic N) is 1. The summed E-state index contributed by atoms with van der Waals surface area (Å²) in [5, 5.41) is 1.05. The largest absolute Gasteiger partial charge is 0.306 e. The average molecular weight is 445 g/mol. The van der Waals surface area contributed by atoms with Crippen LogP contribution in [0.2, 0.25) is 0 Å². The summed E-state index contributed by atoms with van der Waals surface area (Å²) in [6.07, 6.45) is 0. The fourth-order valence-electron chi connectivity index (χ4n) is 4.24. The van der Waals surface area contributed by atoms with Gasteiger partial charge < -0.3 is 4.57 Å². The van der Waals surface area contributed by atoms with Crippen LogP contribution in [-0.2, 0) is 16.6 Å². The van der Waals surface area contributed by atoms with Crippen LogP contribution in [0.5, 0.6) is 0 Å². The van der Waals surface area contributed by atoms with Gasteiger partial charge in [-0.1, -0.05) is 60.2 Å². The standard InChI is InChI=1S/C25H20N2O4S/c1-16-10-12-17(13-11-16)32(30,31)26-14-15-27-23-19-7-3-4-8-20(19)24(28)22(23)18-6-2-5-9-21(18)25(27)29/h2-13,26H,14-15H2,1H3. The van der Waals surface area contributed by atoms with Crippen molar-refractivity contribution in [1.82, 2.24) is 9.29 Å². The second-order valence-corrected chi connectivity index (χ2v) is 9.58. The molecule has 0 saturated carbocycles. The van der Waals surface area contributed by atoms with Gasteiger partial charge in [-0.05, 0) is 25.1 Å². The highest BCUT2D eigenvalue weighted by molar-refractivity contribution is 7.89. The third kappa shape index (κ3) is 3.18. The smallest absolute Gasteiger partial charge is 0.258 e. The maximum atomic E-state index is 13.3. The molecule has 0 spiro atoms. The van der Waals surface area contributed by atoms with Crippen LogP contribution >= 0.6 is 0 Å². The van der Waals surface area contributed by atoms with E-state index < -0.39 is 10.0 Å². The maximum Gasteiger partial charge on any atom is 0.258 e. The first-order valence-electron chi connectivity index (χ1n) is 10.2.